The third-order valence-corrected chi connectivity index (χ3v) is 8.75. The van der Waals surface area contributed by atoms with Crippen molar-refractivity contribution in [1.29, 1.82) is 0 Å². The van der Waals surface area contributed by atoms with Crippen molar-refractivity contribution in [3.05, 3.63) is 17.5 Å². The Morgan fingerprint density at radius 3 is 2.78 bits per heavy atom. The largest absolute Gasteiger partial charge is 0.393 e. The first kappa shape index (κ1) is 14.5. The Hall–Kier alpha value is -0.830. The highest BCUT2D eigenvalue weighted by atomic mass is 16.5. The van der Waals surface area contributed by atoms with Gasteiger partial charge >= 0.3 is 0 Å². The van der Waals surface area contributed by atoms with Crippen LogP contribution in [-0.2, 0) is 12.8 Å². The van der Waals surface area contributed by atoms with Crippen LogP contribution in [0.3, 0.4) is 0 Å². The maximum Gasteiger partial charge on any atom is 0.140 e. The van der Waals surface area contributed by atoms with Crippen molar-refractivity contribution in [1.82, 2.24) is 5.16 Å². The van der Waals surface area contributed by atoms with E-state index >= 15 is 0 Å². The van der Waals surface area contributed by atoms with Crippen LogP contribution in [0.25, 0.3) is 0 Å². The van der Waals surface area contributed by atoms with Crippen LogP contribution < -0.4 is 0 Å². The Morgan fingerprint density at radius 1 is 1.09 bits per heavy atom. The predicted octanol–water partition coefficient (Wildman–Crippen LogP) is 3.99. The fourth-order valence-electron chi connectivity index (χ4n) is 7.35. The monoisotopic (exact) mass is 315 g/mol. The number of hydrogen-bond donors (Lipinski definition) is 1. The van der Waals surface area contributed by atoms with Gasteiger partial charge in [0.2, 0.25) is 0 Å². The second-order valence-electron chi connectivity index (χ2n) is 9.45. The molecule has 1 aromatic heterocycles. The molecule has 23 heavy (non-hydrogen) atoms. The van der Waals surface area contributed by atoms with Crippen molar-refractivity contribution in [3.8, 4) is 0 Å². The first-order valence-corrected chi connectivity index (χ1v) is 9.63. The molecule has 3 heteroatoms. The molecule has 4 aliphatic carbocycles. The molecule has 3 fully saturated rings. The average Bonchev–Trinajstić information content (AvgIpc) is 3.08. The van der Waals surface area contributed by atoms with Gasteiger partial charge in [-0.1, -0.05) is 19.0 Å². The van der Waals surface area contributed by atoms with Crippen molar-refractivity contribution >= 4 is 0 Å². The number of aliphatic hydroxyl groups excluding tert-OH is 1. The van der Waals surface area contributed by atoms with Gasteiger partial charge in [0.15, 0.2) is 0 Å². The summed E-state index contributed by atoms with van der Waals surface area (Å²) in [5.74, 6) is 4.32. The van der Waals surface area contributed by atoms with Gasteiger partial charge in [-0.05, 0) is 79.4 Å². The van der Waals surface area contributed by atoms with E-state index in [1.54, 1.807) is 0 Å². The Kier molecular flexibility index (Phi) is 2.92. The van der Waals surface area contributed by atoms with Gasteiger partial charge in [0.25, 0.3) is 0 Å². The van der Waals surface area contributed by atoms with E-state index in [9.17, 15) is 5.11 Å². The van der Waals surface area contributed by atoms with Crippen molar-refractivity contribution in [2.75, 3.05) is 0 Å². The van der Waals surface area contributed by atoms with E-state index in [1.165, 1.54) is 37.7 Å². The van der Waals surface area contributed by atoms with Gasteiger partial charge in [-0.25, -0.2) is 0 Å². The van der Waals surface area contributed by atoms with E-state index in [2.05, 4.69) is 19.0 Å². The first-order chi connectivity index (χ1) is 11.0. The highest BCUT2D eigenvalue weighted by Crippen LogP contribution is 2.65. The maximum atomic E-state index is 10.6. The van der Waals surface area contributed by atoms with Crippen LogP contribution in [0, 0.1) is 34.5 Å². The molecule has 0 amide bonds. The van der Waals surface area contributed by atoms with Crippen LogP contribution in [0.2, 0.25) is 0 Å². The summed E-state index contributed by atoms with van der Waals surface area (Å²) >= 11 is 0. The van der Waals surface area contributed by atoms with Gasteiger partial charge in [0.05, 0.1) is 12.3 Å². The highest BCUT2D eigenvalue weighted by molar-refractivity contribution is 5.23. The Balaban J connectivity index is 1.50. The number of rotatable bonds is 0. The molecule has 0 radical (unpaired) electrons. The fraction of sp³-hybridized carbons (Fsp3) is 0.850. The van der Waals surface area contributed by atoms with Crippen molar-refractivity contribution in [2.45, 2.75) is 71.3 Å². The van der Waals surface area contributed by atoms with Gasteiger partial charge < -0.3 is 9.63 Å². The molecule has 0 bridgehead atoms. The summed E-state index contributed by atoms with van der Waals surface area (Å²) in [6.45, 7) is 4.93. The quantitative estimate of drug-likeness (QED) is 0.787. The summed E-state index contributed by atoms with van der Waals surface area (Å²) < 4.78 is 5.50. The SMILES string of the molecule is C[C@]12Cc3cnoc3C[C@@H]1CC[C@@H]1[C@@H]2CC[C@]2(C)[C@@H](O)CC[C@@H]12. The van der Waals surface area contributed by atoms with E-state index in [4.69, 9.17) is 4.52 Å². The van der Waals surface area contributed by atoms with Crippen molar-refractivity contribution in [3.63, 3.8) is 0 Å². The first-order valence-electron chi connectivity index (χ1n) is 9.63. The van der Waals surface area contributed by atoms with E-state index in [0.29, 0.717) is 5.41 Å². The molecule has 3 saturated carbocycles. The second-order valence-corrected chi connectivity index (χ2v) is 9.45. The van der Waals surface area contributed by atoms with Gasteiger partial charge in [0, 0.05) is 12.0 Å². The van der Waals surface area contributed by atoms with E-state index < -0.39 is 0 Å². The molecule has 5 rings (SSSR count). The predicted molar refractivity (Wildman–Crippen MR) is 87.8 cm³/mol. The van der Waals surface area contributed by atoms with Crippen LogP contribution in [0.1, 0.15) is 63.7 Å². The summed E-state index contributed by atoms with van der Waals surface area (Å²) in [5, 5.41) is 14.6. The Bertz CT molecular complexity index is 625. The minimum absolute atomic E-state index is 0.0602. The van der Waals surface area contributed by atoms with Gasteiger partial charge in [-0.3, -0.25) is 0 Å². The van der Waals surface area contributed by atoms with Gasteiger partial charge in [-0.2, -0.15) is 0 Å². The zero-order chi connectivity index (χ0) is 15.8. The third-order valence-electron chi connectivity index (χ3n) is 8.75. The molecular weight excluding hydrogens is 286 g/mol. The molecular formula is C20H29NO2. The fourth-order valence-corrected chi connectivity index (χ4v) is 7.35. The summed E-state index contributed by atoms with van der Waals surface area (Å²) in [5.41, 5.74) is 1.97. The van der Waals surface area contributed by atoms with Crippen LogP contribution in [0.15, 0.2) is 10.7 Å². The lowest BCUT2D eigenvalue weighted by Gasteiger charge is -2.59. The molecule has 1 heterocycles. The minimum Gasteiger partial charge on any atom is -0.393 e. The second kappa shape index (κ2) is 4.62. The molecule has 0 spiro atoms. The van der Waals surface area contributed by atoms with Crippen LogP contribution in [-0.4, -0.2) is 16.4 Å². The molecule has 0 aromatic carbocycles. The normalized spacial score (nSPS) is 51.5. The van der Waals surface area contributed by atoms with Gasteiger partial charge in [-0.15, -0.1) is 0 Å². The van der Waals surface area contributed by atoms with Crippen LogP contribution >= 0.6 is 0 Å². The Morgan fingerprint density at radius 2 is 1.91 bits per heavy atom. The smallest absolute Gasteiger partial charge is 0.140 e. The summed E-state index contributed by atoms with van der Waals surface area (Å²) in [6, 6.07) is 0. The topological polar surface area (TPSA) is 46.3 Å². The lowest BCUT2D eigenvalue weighted by molar-refractivity contribution is -0.112. The molecule has 0 saturated heterocycles. The minimum atomic E-state index is -0.0602. The Labute approximate surface area is 138 Å². The lowest BCUT2D eigenvalue weighted by Crippen LogP contribution is -2.54. The third kappa shape index (κ3) is 1.78. The van der Waals surface area contributed by atoms with E-state index in [1.807, 2.05) is 6.20 Å². The number of nitrogens with zero attached hydrogens (tertiary/aromatic N) is 1. The zero-order valence-corrected chi connectivity index (χ0v) is 14.4. The number of aliphatic hydroxyl groups is 1. The number of hydrogen-bond acceptors (Lipinski definition) is 3. The van der Waals surface area contributed by atoms with Crippen LogP contribution in [0.5, 0.6) is 0 Å². The maximum absolute atomic E-state index is 10.6. The standard InChI is InChI=1S/C20H29NO2/c1-19-8-7-16-14(15(19)5-6-18(19)22)4-3-13-9-17-12(11-21-23-17)10-20(13,16)2/h11,13-16,18,22H,3-10H2,1-2H3/t13-,14-,15-,16-,18-,19-,20-/m0/s1. The summed E-state index contributed by atoms with van der Waals surface area (Å²) in [7, 11) is 0. The summed E-state index contributed by atoms with van der Waals surface area (Å²) in [6.07, 6.45) is 11.7. The molecule has 3 nitrogen and oxygen atoms in total. The number of fused-ring (bicyclic) bond motifs is 6. The molecule has 126 valence electrons. The summed E-state index contributed by atoms with van der Waals surface area (Å²) in [4.78, 5) is 0. The van der Waals surface area contributed by atoms with Gasteiger partial charge in [0.1, 0.15) is 5.76 Å². The lowest BCUT2D eigenvalue weighted by atomic mass is 9.45. The van der Waals surface area contributed by atoms with Crippen LogP contribution in [0.4, 0.5) is 0 Å². The molecule has 1 N–H and O–H groups in total. The van der Waals surface area contributed by atoms with Crippen molar-refractivity contribution in [2.24, 2.45) is 34.5 Å². The highest BCUT2D eigenvalue weighted by Gasteiger charge is 2.60. The van der Waals surface area contributed by atoms with E-state index in [-0.39, 0.29) is 11.5 Å². The molecule has 1 aromatic rings. The number of aromatic nitrogens is 1. The zero-order valence-electron chi connectivity index (χ0n) is 14.4. The molecule has 0 unspecified atom stereocenters. The van der Waals surface area contributed by atoms with Crippen molar-refractivity contribution < 1.29 is 9.63 Å². The molecule has 7 atom stereocenters. The van der Waals surface area contributed by atoms with E-state index in [0.717, 1.165) is 48.7 Å². The molecule has 0 aliphatic heterocycles. The average molecular weight is 315 g/mol. The molecule has 4 aliphatic rings.